The molecule has 2 N–H and O–H groups in total. The Morgan fingerprint density at radius 2 is 1.81 bits per heavy atom. The van der Waals surface area contributed by atoms with E-state index >= 15 is 0 Å². The fourth-order valence-electron chi connectivity index (χ4n) is 6.27. The number of anilines is 1. The molecular weight excluding hydrogens is 472 g/mol. The molecule has 3 aliphatic heterocycles. The zero-order valence-electron chi connectivity index (χ0n) is 20.2. The Kier molecular flexibility index (Phi) is 5.36. The molecule has 2 fully saturated rings. The summed E-state index contributed by atoms with van der Waals surface area (Å²) in [6.07, 6.45) is 0.683. The molecule has 6 rings (SSSR count). The summed E-state index contributed by atoms with van der Waals surface area (Å²) in [5, 5.41) is 18.0. The number of carbonyl (C=O) groups is 2. The van der Waals surface area contributed by atoms with Crippen molar-refractivity contribution in [1.29, 1.82) is 0 Å². The summed E-state index contributed by atoms with van der Waals surface area (Å²) in [7, 11) is 1.53. The Morgan fingerprint density at radius 1 is 1.05 bits per heavy atom. The summed E-state index contributed by atoms with van der Waals surface area (Å²) in [6, 6.07) is 20.7. The van der Waals surface area contributed by atoms with Crippen LogP contribution in [0.5, 0.6) is 5.75 Å². The summed E-state index contributed by atoms with van der Waals surface area (Å²) >= 11 is 0. The molecule has 0 saturated carbocycles. The van der Waals surface area contributed by atoms with E-state index in [1.54, 1.807) is 11.0 Å². The summed E-state index contributed by atoms with van der Waals surface area (Å²) in [5.41, 5.74) is 2.81. The van der Waals surface area contributed by atoms with E-state index in [9.17, 15) is 19.7 Å². The van der Waals surface area contributed by atoms with Crippen molar-refractivity contribution < 1.29 is 19.2 Å². The number of piperazine rings is 1. The van der Waals surface area contributed by atoms with Crippen LogP contribution in [-0.4, -0.2) is 47.0 Å². The van der Waals surface area contributed by atoms with E-state index < -0.39 is 28.6 Å². The van der Waals surface area contributed by atoms with Crippen molar-refractivity contribution in [2.24, 2.45) is 0 Å². The molecule has 3 heterocycles. The lowest BCUT2D eigenvalue weighted by Crippen LogP contribution is -2.64. The first-order valence-electron chi connectivity index (χ1n) is 12.2. The van der Waals surface area contributed by atoms with Gasteiger partial charge in [0, 0.05) is 35.2 Å². The lowest BCUT2D eigenvalue weighted by atomic mass is 9.73. The second kappa shape index (κ2) is 8.62. The van der Waals surface area contributed by atoms with Gasteiger partial charge in [0.1, 0.15) is 24.0 Å². The van der Waals surface area contributed by atoms with Gasteiger partial charge in [-0.25, -0.2) is 0 Å². The van der Waals surface area contributed by atoms with E-state index in [-0.39, 0.29) is 17.5 Å². The number of methoxy groups -OCH3 is 1. The Morgan fingerprint density at radius 3 is 2.57 bits per heavy atom. The Labute approximate surface area is 213 Å². The van der Waals surface area contributed by atoms with Crippen molar-refractivity contribution in [3.63, 3.8) is 0 Å². The van der Waals surface area contributed by atoms with Crippen LogP contribution in [0.1, 0.15) is 23.1 Å². The molecule has 0 radical (unpaired) electrons. The van der Waals surface area contributed by atoms with Crippen molar-refractivity contribution in [2.45, 2.75) is 42.9 Å². The third kappa shape index (κ3) is 3.61. The van der Waals surface area contributed by atoms with E-state index in [1.165, 1.54) is 19.2 Å². The minimum absolute atomic E-state index is 0.0320. The molecule has 0 aromatic heterocycles. The third-order valence-corrected chi connectivity index (χ3v) is 7.89. The van der Waals surface area contributed by atoms with Crippen LogP contribution in [-0.2, 0) is 27.8 Å². The highest BCUT2D eigenvalue weighted by Gasteiger charge is 2.62. The number of nitro benzene ring substituents is 1. The summed E-state index contributed by atoms with van der Waals surface area (Å²) in [4.78, 5) is 40.1. The molecule has 4 atom stereocenters. The Bertz CT molecular complexity index is 1410. The second-order valence-corrected chi connectivity index (χ2v) is 9.89. The molecule has 9 nitrogen and oxygen atoms in total. The molecule has 0 spiro atoms. The van der Waals surface area contributed by atoms with Crippen LogP contribution >= 0.6 is 0 Å². The number of carbonyl (C=O) groups excluding carboxylic acids is 2. The van der Waals surface area contributed by atoms with Crippen molar-refractivity contribution in [2.75, 3.05) is 12.4 Å². The van der Waals surface area contributed by atoms with Crippen LogP contribution in [0, 0.1) is 10.1 Å². The first-order chi connectivity index (χ1) is 17.9. The maximum absolute atomic E-state index is 13.9. The van der Waals surface area contributed by atoms with Gasteiger partial charge in [-0.2, -0.15) is 0 Å². The Balaban J connectivity index is 1.42. The average molecular weight is 499 g/mol. The number of hydrogen-bond donors (Lipinski definition) is 2. The van der Waals surface area contributed by atoms with E-state index in [1.807, 2.05) is 54.6 Å². The van der Waals surface area contributed by atoms with Gasteiger partial charge in [-0.1, -0.05) is 48.5 Å². The second-order valence-electron chi connectivity index (χ2n) is 9.89. The van der Waals surface area contributed by atoms with Crippen molar-refractivity contribution in [3.05, 3.63) is 99.6 Å². The molecule has 2 saturated heterocycles. The van der Waals surface area contributed by atoms with E-state index in [0.29, 0.717) is 30.6 Å². The van der Waals surface area contributed by atoms with Crippen molar-refractivity contribution in [3.8, 4) is 5.75 Å². The van der Waals surface area contributed by atoms with Crippen LogP contribution in [0.25, 0.3) is 0 Å². The molecule has 2 amide bonds. The SMILES string of the molecule is COc1ccc([N+](=O)[O-])cc1C[C@@]12C[C@H]3C(=O)N[C@@H](Cc4ccccc4)C(=O)N3[C@@H]1Nc1ccccc12. The molecule has 3 aliphatic rings. The molecule has 3 aromatic rings. The summed E-state index contributed by atoms with van der Waals surface area (Å²) in [5.74, 6) is 0.219. The normalized spacial score (nSPS) is 25.5. The number of nitrogens with zero attached hydrogens (tertiary/aromatic N) is 2. The zero-order chi connectivity index (χ0) is 25.7. The van der Waals surface area contributed by atoms with Crippen LogP contribution in [0.4, 0.5) is 11.4 Å². The van der Waals surface area contributed by atoms with Gasteiger partial charge >= 0.3 is 0 Å². The van der Waals surface area contributed by atoms with Crippen LogP contribution < -0.4 is 15.4 Å². The first kappa shape index (κ1) is 23.0. The largest absolute Gasteiger partial charge is 0.496 e. The number of rotatable bonds is 6. The lowest BCUT2D eigenvalue weighted by molar-refractivity contribution is -0.384. The van der Waals surface area contributed by atoms with Gasteiger partial charge in [-0.3, -0.25) is 19.7 Å². The summed E-state index contributed by atoms with van der Waals surface area (Å²) in [6.45, 7) is 0. The molecule has 3 aromatic carbocycles. The van der Waals surface area contributed by atoms with Crippen LogP contribution in [0.2, 0.25) is 0 Å². The smallest absolute Gasteiger partial charge is 0.269 e. The number of nitrogens with one attached hydrogen (secondary N) is 2. The number of ether oxygens (including phenoxy) is 1. The minimum atomic E-state index is -0.668. The molecule has 0 unspecified atom stereocenters. The first-order valence-corrected chi connectivity index (χ1v) is 12.2. The highest BCUT2D eigenvalue weighted by Crippen LogP contribution is 2.54. The van der Waals surface area contributed by atoms with Gasteiger partial charge in [0.25, 0.3) is 5.69 Å². The fraction of sp³-hybridized carbons (Fsp3) is 0.286. The topological polar surface area (TPSA) is 114 Å². The van der Waals surface area contributed by atoms with Crippen molar-refractivity contribution in [1.82, 2.24) is 10.2 Å². The number of non-ortho nitro benzene ring substituents is 1. The fourth-order valence-corrected chi connectivity index (χ4v) is 6.27. The van der Waals surface area contributed by atoms with E-state index in [2.05, 4.69) is 10.6 Å². The van der Waals surface area contributed by atoms with Gasteiger partial charge in [0.2, 0.25) is 11.8 Å². The molecular formula is C28H26N4O5. The third-order valence-electron chi connectivity index (χ3n) is 7.89. The highest BCUT2D eigenvalue weighted by atomic mass is 16.6. The lowest BCUT2D eigenvalue weighted by Gasteiger charge is -2.38. The molecule has 0 aliphatic carbocycles. The van der Waals surface area contributed by atoms with Crippen LogP contribution in [0.15, 0.2) is 72.8 Å². The van der Waals surface area contributed by atoms with Gasteiger partial charge in [0.15, 0.2) is 0 Å². The average Bonchev–Trinajstić information content (AvgIpc) is 3.39. The van der Waals surface area contributed by atoms with E-state index in [4.69, 9.17) is 4.74 Å². The number of hydrogen-bond acceptors (Lipinski definition) is 6. The van der Waals surface area contributed by atoms with Crippen molar-refractivity contribution >= 4 is 23.2 Å². The predicted molar refractivity (Wildman–Crippen MR) is 136 cm³/mol. The quantitative estimate of drug-likeness (QED) is 0.399. The predicted octanol–water partition coefficient (Wildman–Crippen LogP) is 3.18. The summed E-state index contributed by atoms with van der Waals surface area (Å²) < 4.78 is 5.57. The number of amides is 2. The standard InChI is InChI=1S/C28H26N4O5/c1-37-24-12-11-19(32(35)36)14-18(24)15-28-16-23-25(33)29-22(13-17-7-3-2-4-8-17)26(34)31(23)27(28)30-21-10-6-5-9-20(21)28/h2-12,14,22-23,27,30H,13,15-16H2,1H3,(H,29,33)/t22-,23-,27-,28-/m0/s1. The number of fused-ring (bicyclic) bond motifs is 5. The molecule has 9 heteroatoms. The monoisotopic (exact) mass is 498 g/mol. The molecule has 37 heavy (non-hydrogen) atoms. The van der Waals surface area contributed by atoms with Gasteiger partial charge in [-0.15, -0.1) is 0 Å². The maximum atomic E-state index is 13.9. The van der Waals surface area contributed by atoms with Gasteiger partial charge in [0.05, 0.1) is 12.0 Å². The van der Waals surface area contributed by atoms with Crippen LogP contribution in [0.3, 0.4) is 0 Å². The molecule has 0 bridgehead atoms. The molecule has 188 valence electrons. The van der Waals surface area contributed by atoms with Gasteiger partial charge < -0.3 is 20.3 Å². The Hall–Kier alpha value is -4.40. The van der Waals surface area contributed by atoms with E-state index in [0.717, 1.165) is 16.8 Å². The maximum Gasteiger partial charge on any atom is 0.269 e. The number of benzene rings is 3. The number of para-hydroxylation sites is 1. The number of nitro groups is 1. The van der Waals surface area contributed by atoms with Gasteiger partial charge in [-0.05, 0) is 36.1 Å². The zero-order valence-corrected chi connectivity index (χ0v) is 20.2. The minimum Gasteiger partial charge on any atom is -0.496 e. The highest BCUT2D eigenvalue weighted by molar-refractivity contribution is 5.99.